The zero-order chi connectivity index (χ0) is 32.6. The van der Waals surface area contributed by atoms with E-state index in [2.05, 4.69) is 25.4 Å². The molecular formula is C30H37FN7O6P. The largest absolute Gasteiger partial charge is 0.464 e. The standard InChI is InChI=1S/C30H37FN7O6P/c1-18-14-30(31,43-26(18)38-17-34-23-24(33-6)35-28(32)36-25(23)38)16-42-45(40,37-19(2)27(39)41-15-29(3,4)5)44-22-13-9-11-20-10-7-8-12-21(20)22/h7-13,17,19H,14-16H2,1-6H3,(H,37,40)(H3,32,33,35,36)/t19-,30+,45?/m1/s1. The number of ether oxygens (including phenoxy) is 2. The first-order valence-corrected chi connectivity index (χ1v) is 15.9. The molecule has 3 atom stereocenters. The first kappa shape index (κ1) is 32.1. The summed E-state index contributed by atoms with van der Waals surface area (Å²) in [5, 5.41) is 7.00. The van der Waals surface area contributed by atoms with E-state index in [0.717, 1.165) is 5.39 Å². The van der Waals surface area contributed by atoms with Crippen LogP contribution in [-0.2, 0) is 23.4 Å². The number of fused-ring (bicyclic) bond motifs is 2. The van der Waals surface area contributed by atoms with Gasteiger partial charge in [0.1, 0.15) is 24.7 Å². The van der Waals surface area contributed by atoms with Crippen molar-refractivity contribution in [3.8, 4) is 5.75 Å². The summed E-state index contributed by atoms with van der Waals surface area (Å²) >= 11 is 0. The Hall–Kier alpha value is -4.26. The minimum absolute atomic E-state index is 0.00700. The molecule has 2 aromatic carbocycles. The van der Waals surface area contributed by atoms with Gasteiger partial charge in [-0.15, -0.1) is 0 Å². The molecule has 1 aliphatic heterocycles. The van der Waals surface area contributed by atoms with E-state index in [9.17, 15) is 9.36 Å². The lowest BCUT2D eigenvalue weighted by Gasteiger charge is -2.27. The number of rotatable bonds is 11. The van der Waals surface area contributed by atoms with Gasteiger partial charge in [-0.05, 0) is 36.3 Å². The number of esters is 1. The van der Waals surface area contributed by atoms with Crippen LogP contribution in [0.15, 0.2) is 54.4 Å². The van der Waals surface area contributed by atoms with Crippen molar-refractivity contribution in [1.82, 2.24) is 24.6 Å². The highest BCUT2D eigenvalue weighted by molar-refractivity contribution is 7.52. The van der Waals surface area contributed by atoms with Gasteiger partial charge in [-0.25, -0.2) is 9.55 Å². The minimum atomic E-state index is -4.42. The summed E-state index contributed by atoms with van der Waals surface area (Å²) in [6, 6.07) is 11.4. The van der Waals surface area contributed by atoms with Crippen molar-refractivity contribution in [2.45, 2.75) is 52.9 Å². The predicted octanol–water partition coefficient (Wildman–Crippen LogP) is 5.65. The number of imidazole rings is 1. The van der Waals surface area contributed by atoms with Crippen molar-refractivity contribution in [2.75, 3.05) is 31.3 Å². The molecule has 5 rings (SSSR count). The maximum absolute atomic E-state index is 16.3. The summed E-state index contributed by atoms with van der Waals surface area (Å²) < 4.78 is 54.8. The Morgan fingerprint density at radius 1 is 1.22 bits per heavy atom. The SMILES string of the molecule is CNc1nc(N)nc2c1ncn2C1=C(C)C[C@@](F)(COP(=O)(N[C@H](C)C(=O)OCC(C)(C)C)Oc2cccc3ccccc23)O1. The van der Waals surface area contributed by atoms with E-state index in [4.69, 9.17) is 24.3 Å². The second-order valence-corrected chi connectivity index (χ2v) is 13.8. The molecule has 0 saturated heterocycles. The number of hydrogen-bond donors (Lipinski definition) is 3. The molecule has 2 aromatic heterocycles. The van der Waals surface area contributed by atoms with E-state index in [0.29, 0.717) is 27.9 Å². The maximum Gasteiger partial charge on any atom is 0.459 e. The van der Waals surface area contributed by atoms with E-state index < -0.39 is 32.2 Å². The number of anilines is 2. The van der Waals surface area contributed by atoms with Gasteiger partial charge >= 0.3 is 13.7 Å². The Morgan fingerprint density at radius 2 is 1.96 bits per heavy atom. The van der Waals surface area contributed by atoms with E-state index in [1.165, 1.54) is 17.8 Å². The number of carbonyl (C=O) groups is 1. The number of aromatic nitrogens is 4. The lowest BCUT2D eigenvalue weighted by Crippen LogP contribution is -2.38. The van der Waals surface area contributed by atoms with Gasteiger partial charge in [0.05, 0.1) is 6.61 Å². The van der Waals surface area contributed by atoms with Crippen LogP contribution in [0.25, 0.3) is 27.8 Å². The van der Waals surface area contributed by atoms with Crippen molar-refractivity contribution < 1.29 is 32.3 Å². The highest BCUT2D eigenvalue weighted by Crippen LogP contribution is 2.49. The average molecular weight is 642 g/mol. The fraction of sp³-hybridized carbons (Fsp3) is 0.400. The third-order valence-corrected chi connectivity index (χ3v) is 8.42. The summed E-state index contributed by atoms with van der Waals surface area (Å²) in [4.78, 5) is 25.5. The summed E-state index contributed by atoms with van der Waals surface area (Å²) in [7, 11) is -2.76. The number of nitrogens with zero attached hydrogens (tertiary/aromatic N) is 4. The van der Waals surface area contributed by atoms with Gasteiger partial charge in [0.25, 0.3) is 5.85 Å². The molecule has 0 radical (unpaired) electrons. The van der Waals surface area contributed by atoms with Gasteiger partial charge in [-0.1, -0.05) is 57.2 Å². The molecule has 15 heteroatoms. The molecule has 3 heterocycles. The Kier molecular flexibility index (Phi) is 8.76. The second kappa shape index (κ2) is 12.3. The molecule has 240 valence electrons. The molecule has 0 saturated carbocycles. The first-order valence-electron chi connectivity index (χ1n) is 14.3. The van der Waals surface area contributed by atoms with Crippen molar-refractivity contribution in [1.29, 1.82) is 0 Å². The molecule has 0 fully saturated rings. The summed E-state index contributed by atoms with van der Waals surface area (Å²) in [6.07, 6.45) is 1.20. The van der Waals surface area contributed by atoms with Crippen LogP contribution in [0.4, 0.5) is 16.2 Å². The fourth-order valence-electron chi connectivity index (χ4n) is 4.72. The van der Waals surface area contributed by atoms with Crippen LogP contribution >= 0.6 is 7.75 Å². The number of halogens is 1. The zero-order valence-electron chi connectivity index (χ0n) is 26.0. The number of hydrogen-bond acceptors (Lipinski definition) is 11. The number of nitrogens with one attached hydrogen (secondary N) is 2. The number of nitrogens with two attached hydrogens (primary N) is 1. The second-order valence-electron chi connectivity index (χ2n) is 12.1. The number of carbonyl (C=O) groups excluding carboxylic acids is 1. The van der Waals surface area contributed by atoms with E-state index >= 15 is 4.39 Å². The predicted molar refractivity (Wildman–Crippen MR) is 169 cm³/mol. The first-order chi connectivity index (χ1) is 21.2. The molecule has 45 heavy (non-hydrogen) atoms. The van der Waals surface area contributed by atoms with Gasteiger partial charge in [0.2, 0.25) is 11.8 Å². The topological polar surface area (TPSA) is 165 Å². The van der Waals surface area contributed by atoms with Crippen LogP contribution in [0, 0.1) is 5.41 Å². The van der Waals surface area contributed by atoms with E-state index in [-0.39, 0.29) is 36.0 Å². The lowest BCUT2D eigenvalue weighted by atomic mass is 9.99. The van der Waals surface area contributed by atoms with Crippen LogP contribution in [0.3, 0.4) is 0 Å². The van der Waals surface area contributed by atoms with E-state index in [1.54, 1.807) is 38.2 Å². The van der Waals surface area contributed by atoms with Crippen LogP contribution in [-0.4, -0.2) is 57.6 Å². The molecule has 0 amide bonds. The minimum Gasteiger partial charge on any atom is -0.464 e. The molecule has 13 nitrogen and oxygen atoms in total. The fourth-order valence-corrected chi connectivity index (χ4v) is 6.26. The summed E-state index contributed by atoms with van der Waals surface area (Å²) in [6.45, 7) is 8.22. The van der Waals surface area contributed by atoms with Crippen LogP contribution in [0.1, 0.15) is 41.0 Å². The Balaban J connectivity index is 1.39. The number of alkyl halides is 1. The Morgan fingerprint density at radius 3 is 2.69 bits per heavy atom. The third-order valence-electron chi connectivity index (χ3n) is 6.81. The van der Waals surface area contributed by atoms with Gasteiger partial charge in [-0.2, -0.15) is 19.4 Å². The summed E-state index contributed by atoms with van der Waals surface area (Å²) in [5.74, 6) is -2.38. The Labute approximate surface area is 259 Å². The molecule has 4 aromatic rings. The number of benzene rings is 2. The van der Waals surface area contributed by atoms with Crippen molar-refractivity contribution >= 4 is 53.3 Å². The molecular weight excluding hydrogens is 604 g/mol. The molecule has 1 unspecified atom stereocenters. The highest BCUT2D eigenvalue weighted by atomic mass is 31.2. The van der Waals surface area contributed by atoms with Gasteiger partial charge in [-0.3, -0.25) is 13.9 Å². The van der Waals surface area contributed by atoms with Crippen LogP contribution in [0.2, 0.25) is 0 Å². The van der Waals surface area contributed by atoms with Gasteiger partial charge < -0.3 is 25.0 Å². The highest BCUT2D eigenvalue weighted by Gasteiger charge is 2.45. The van der Waals surface area contributed by atoms with Crippen molar-refractivity contribution in [3.63, 3.8) is 0 Å². The summed E-state index contributed by atoms with van der Waals surface area (Å²) in [5.41, 5.74) is 6.81. The monoisotopic (exact) mass is 641 g/mol. The number of nitrogen functional groups attached to an aromatic ring is 1. The smallest absolute Gasteiger partial charge is 0.459 e. The van der Waals surface area contributed by atoms with Crippen molar-refractivity contribution in [3.05, 3.63) is 54.4 Å². The van der Waals surface area contributed by atoms with Gasteiger partial charge in [0.15, 0.2) is 17.0 Å². The molecule has 0 aliphatic carbocycles. The molecule has 4 N–H and O–H groups in total. The van der Waals surface area contributed by atoms with Crippen LogP contribution < -0.4 is 20.7 Å². The molecule has 0 spiro atoms. The third kappa shape index (κ3) is 7.19. The van der Waals surface area contributed by atoms with Crippen LogP contribution in [0.5, 0.6) is 5.75 Å². The normalized spacial score (nSPS) is 18.9. The zero-order valence-corrected chi connectivity index (χ0v) is 26.9. The van der Waals surface area contributed by atoms with Gasteiger partial charge in [0, 0.05) is 18.9 Å². The Bertz CT molecular complexity index is 1820. The maximum atomic E-state index is 16.3. The van der Waals surface area contributed by atoms with Crippen molar-refractivity contribution in [2.24, 2.45) is 5.41 Å². The average Bonchev–Trinajstić information content (AvgIpc) is 3.53. The molecule has 0 bridgehead atoms. The molecule has 1 aliphatic rings. The van der Waals surface area contributed by atoms with E-state index in [1.807, 2.05) is 39.0 Å². The quantitative estimate of drug-likeness (QED) is 0.136. The lowest BCUT2D eigenvalue weighted by molar-refractivity contribution is -0.148.